The number of nitrogens with two attached hydrogens (primary N) is 5. The third-order valence-corrected chi connectivity index (χ3v) is 14.0. The molecule has 0 radical (unpaired) electrons. The Morgan fingerprint density at radius 3 is 0.956 bits per heavy atom. The zero-order chi connectivity index (χ0) is 66.1. The van der Waals surface area contributed by atoms with Gasteiger partial charge in [0.25, 0.3) is 23.6 Å². The number of carbonyl (C=O) groups is 10. The van der Waals surface area contributed by atoms with Crippen molar-refractivity contribution in [2.75, 3.05) is 82.5 Å². The van der Waals surface area contributed by atoms with Crippen LogP contribution >= 0.6 is 0 Å². The van der Waals surface area contributed by atoms with Crippen LogP contribution in [0.15, 0.2) is 72.8 Å². The average Bonchev–Trinajstić information content (AvgIpc) is 1.05. The summed E-state index contributed by atoms with van der Waals surface area (Å²) < 4.78 is 26.7. The molecule has 490 valence electrons. The summed E-state index contributed by atoms with van der Waals surface area (Å²) in [4.78, 5) is 135. The zero-order valence-electron chi connectivity index (χ0n) is 51.7. The lowest BCUT2D eigenvalue weighted by Gasteiger charge is -2.22. The number of nitrogens with one attached hydrogen (secondary N) is 8. The molecule has 4 aromatic carbocycles. The molecule has 28 heteroatoms. The highest BCUT2D eigenvalue weighted by Gasteiger charge is 2.30. The molecule has 0 aromatic heterocycles. The minimum Gasteiger partial charge on any atom is -0.496 e. The highest BCUT2D eigenvalue weighted by atomic mass is 16.5. The van der Waals surface area contributed by atoms with Gasteiger partial charge in [-0.25, -0.2) is 0 Å². The predicted molar refractivity (Wildman–Crippen MR) is 338 cm³/mol. The molecule has 0 saturated heterocycles. The first kappa shape index (κ1) is 73.1. The fourth-order valence-corrected chi connectivity index (χ4v) is 9.31. The number of primary amides is 1. The molecule has 0 bridgehead atoms. The molecule has 0 aliphatic carbocycles. The molecule has 90 heavy (non-hydrogen) atoms. The summed E-state index contributed by atoms with van der Waals surface area (Å²) in [6, 6.07) is 12.6. The lowest BCUT2D eigenvalue weighted by Crippen LogP contribution is -2.45. The molecule has 0 saturated carbocycles. The SMILES string of the molecule is CCOC(=O)CC(=O)N[C@@H](CCCCN)C(=O)Nc1ccc(OC)c(C(=O)N[C@@H](CCCCCN)C(=O)Nc2ccc(OC)c(C(=O)N[C@@H](CCCCN)C(=O)Nc3ccc(OC)c(C(=O)N[C@@H](CCCCN)C(=O)Nc4ccc(OC)c(C(N)=O)c4)c3)c2)c1. The van der Waals surface area contributed by atoms with E-state index >= 15 is 0 Å². The van der Waals surface area contributed by atoms with Crippen LogP contribution in [0.4, 0.5) is 22.7 Å². The van der Waals surface area contributed by atoms with Gasteiger partial charge in [-0.1, -0.05) is 12.8 Å². The number of benzene rings is 4. The maximum atomic E-state index is 14.3. The van der Waals surface area contributed by atoms with Crippen molar-refractivity contribution >= 4 is 81.9 Å². The van der Waals surface area contributed by atoms with Gasteiger partial charge in [0.15, 0.2) is 0 Å². The summed E-state index contributed by atoms with van der Waals surface area (Å²) in [5, 5.41) is 21.9. The summed E-state index contributed by atoms with van der Waals surface area (Å²) >= 11 is 0. The molecule has 4 atom stereocenters. The van der Waals surface area contributed by atoms with Crippen LogP contribution in [-0.2, 0) is 33.5 Å². The van der Waals surface area contributed by atoms with Crippen LogP contribution in [0.2, 0.25) is 0 Å². The Morgan fingerprint density at radius 2 is 0.667 bits per heavy atom. The van der Waals surface area contributed by atoms with E-state index in [-0.39, 0.29) is 100 Å². The highest BCUT2D eigenvalue weighted by molar-refractivity contribution is 6.08. The highest BCUT2D eigenvalue weighted by Crippen LogP contribution is 2.28. The van der Waals surface area contributed by atoms with E-state index in [1.807, 2.05) is 0 Å². The summed E-state index contributed by atoms with van der Waals surface area (Å²) in [7, 11) is 5.38. The molecule has 18 N–H and O–H groups in total. The normalized spacial score (nSPS) is 12.1. The summed E-state index contributed by atoms with van der Waals surface area (Å²) in [6.07, 6.45) is 4.71. The van der Waals surface area contributed by atoms with E-state index < -0.39 is 89.7 Å². The van der Waals surface area contributed by atoms with Gasteiger partial charge in [0.05, 0.1) is 57.3 Å². The van der Waals surface area contributed by atoms with Crippen molar-refractivity contribution in [2.24, 2.45) is 28.7 Å². The minimum absolute atomic E-state index is 0.0258. The fraction of sp³-hybridized carbons (Fsp3) is 0.452. The Kier molecular flexibility index (Phi) is 31.5. The third kappa shape index (κ3) is 23.3. The first-order chi connectivity index (χ1) is 43.3. The van der Waals surface area contributed by atoms with E-state index in [1.165, 1.54) is 101 Å². The van der Waals surface area contributed by atoms with E-state index in [4.69, 9.17) is 52.4 Å². The van der Waals surface area contributed by atoms with Gasteiger partial charge in [-0.15, -0.1) is 0 Å². The van der Waals surface area contributed by atoms with Crippen LogP contribution in [0.3, 0.4) is 0 Å². The number of hydrogen-bond acceptors (Lipinski definition) is 19. The van der Waals surface area contributed by atoms with Crippen molar-refractivity contribution in [3.63, 3.8) is 0 Å². The van der Waals surface area contributed by atoms with Gasteiger partial charge in [-0.3, -0.25) is 47.9 Å². The maximum absolute atomic E-state index is 14.3. The van der Waals surface area contributed by atoms with Crippen molar-refractivity contribution < 1.29 is 71.6 Å². The second-order valence-corrected chi connectivity index (χ2v) is 20.7. The second kappa shape index (κ2) is 38.8. The molecule has 4 rings (SSSR count). The van der Waals surface area contributed by atoms with Crippen molar-refractivity contribution in [3.8, 4) is 23.0 Å². The van der Waals surface area contributed by atoms with Crippen LogP contribution in [0.25, 0.3) is 0 Å². The molecule has 0 fully saturated rings. The molecule has 0 aliphatic heterocycles. The first-order valence-corrected chi connectivity index (χ1v) is 29.7. The number of unbranched alkanes of at least 4 members (excludes halogenated alkanes) is 5. The number of carbonyl (C=O) groups excluding carboxylic acids is 10. The second-order valence-electron chi connectivity index (χ2n) is 20.7. The fourth-order valence-electron chi connectivity index (χ4n) is 9.31. The summed E-state index contributed by atoms with van der Waals surface area (Å²) in [5.74, 6) is -6.61. The predicted octanol–water partition coefficient (Wildman–Crippen LogP) is 3.31. The Balaban J connectivity index is 1.57. The largest absolute Gasteiger partial charge is 0.496 e. The van der Waals surface area contributed by atoms with Gasteiger partial charge >= 0.3 is 5.97 Å². The molecule has 0 spiro atoms. The zero-order valence-corrected chi connectivity index (χ0v) is 51.7. The van der Waals surface area contributed by atoms with E-state index in [9.17, 15) is 47.9 Å². The smallest absolute Gasteiger partial charge is 0.315 e. The van der Waals surface area contributed by atoms with Gasteiger partial charge < -0.3 is 94.9 Å². The standard InChI is InChI=1S/C62H87N13O15/c1-6-90-54(77)36-53(76)72-45(17-9-13-29-64)59(82)69-38-21-25-50(87-3)42(33-38)56(79)73-46(16-8-7-12-28-63)60(83)70-39-22-26-51(88-4)43(34-39)58(81)75-48(19-11-15-31-66)62(85)71-40-23-27-52(89-5)44(35-40)57(80)74-47(18-10-14-30-65)61(84)68-37-20-24-49(86-2)41(32-37)55(67)78/h20-27,32-35,45-48H,6-19,28-31,36,63-66H2,1-5H3,(H2,67,78)(H,68,84)(H,69,82)(H,70,83)(H,71,85)(H,72,76)(H,73,79)(H,74,80)(H,75,81)/t45-,46-,47-,48-/m0/s1. The monoisotopic (exact) mass is 1250 g/mol. The van der Waals surface area contributed by atoms with Gasteiger partial charge in [-0.05, 0) is 177 Å². The lowest BCUT2D eigenvalue weighted by molar-refractivity contribution is -0.146. The van der Waals surface area contributed by atoms with Crippen LogP contribution < -0.4 is 90.2 Å². The molecular formula is C62H87N13O15. The molecule has 4 aromatic rings. The van der Waals surface area contributed by atoms with E-state index in [0.29, 0.717) is 84.0 Å². The summed E-state index contributed by atoms with van der Waals surface area (Å²) in [5.41, 5.74) is 29.0. The topological polar surface area (TPSA) is 443 Å². The van der Waals surface area contributed by atoms with Crippen molar-refractivity contribution in [3.05, 3.63) is 95.1 Å². The molecule has 0 heterocycles. The minimum atomic E-state index is -1.20. The molecule has 28 nitrogen and oxygen atoms in total. The van der Waals surface area contributed by atoms with Crippen LogP contribution in [-0.4, -0.2) is 145 Å². The maximum Gasteiger partial charge on any atom is 0.315 e. The van der Waals surface area contributed by atoms with Gasteiger partial charge in [-0.2, -0.15) is 0 Å². The Bertz CT molecular complexity index is 3110. The number of rotatable bonds is 40. The molecule has 0 unspecified atom stereocenters. The first-order valence-electron chi connectivity index (χ1n) is 29.7. The van der Waals surface area contributed by atoms with Crippen molar-refractivity contribution in [2.45, 2.75) is 121 Å². The molecular weight excluding hydrogens is 1170 g/mol. The van der Waals surface area contributed by atoms with Gasteiger partial charge in [0, 0.05) is 22.7 Å². The van der Waals surface area contributed by atoms with Crippen molar-refractivity contribution in [1.29, 1.82) is 0 Å². The van der Waals surface area contributed by atoms with E-state index in [2.05, 4.69) is 42.5 Å². The van der Waals surface area contributed by atoms with E-state index in [0.717, 1.165) is 0 Å². The summed E-state index contributed by atoms with van der Waals surface area (Å²) in [6.45, 7) is 3.04. The number of amides is 9. The van der Waals surface area contributed by atoms with Crippen molar-refractivity contribution in [1.82, 2.24) is 21.3 Å². The Morgan fingerprint density at radius 1 is 0.389 bits per heavy atom. The number of anilines is 4. The number of ether oxygens (including phenoxy) is 5. The van der Waals surface area contributed by atoms with Gasteiger partial charge in [0.2, 0.25) is 29.5 Å². The number of methoxy groups -OCH3 is 4. The third-order valence-electron chi connectivity index (χ3n) is 14.0. The Hall–Kier alpha value is -9.38. The molecule has 0 aliphatic rings. The quantitative estimate of drug-likeness (QED) is 0.0173. The van der Waals surface area contributed by atoms with Crippen LogP contribution in [0.1, 0.15) is 138 Å². The van der Waals surface area contributed by atoms with E-state index in [1.54, 1.807) is 6.92 Å². The molecule has 9 amide bonds. The number of esters is 1. The number of hydrogen-bond donors (Lipinski definition) is 13. The van der Waals surface area contributed by atoms with Crippen LogP contribution in [0, 0.1) is 0 Å². The average molecular weight is 1250 g/mol. The lowest BCUT2D eigenvalue weighted by atomic mass is 10.0. The van der Waals surface area contributed by atoms with Crippen LogP contribution in [0.5, 0.6) is 23.0 Å². The van der Waals surface area contributed by atoms with Gasteiger partial charge in [0.1, 0.15) is 53.6 Å². The Labute approximate surface area is 523 Å².